The minimum absolute atomic E-state index is 0.106. The molecule has 1 unspecified atom stereocenters. The fourth-order valence-electron chi connectivity index (χ4n) is 5.77. The molecule has 1 aliphatic carbocycles. The van der Waals surface area contributed by atoms with Crippen LogP contribution < -0.4 is 10.9 Å². The van der Waals surface area contributed by atoms with Crippen molar-refractivity contribution in [2.45, 2.75) is 64.6 Å². The lowest BCUT2D eigenvalue weighted by Gasteiger charge is -2.38. The molecule has 6 rings (SSSR count). The van der Waals surface area contributed by atoms with Crippen LogP contribution in [0, 0.1) is 5.92 Å². The van der Waals surface area contributed by atoms with Crippen molar-refractivity contribution < 1.29 is 14.3 Å². The number of amides is 2. The van der Waals surface area contributed by atoms with Crippen molar-refractivity contribution in [1.29, 1.82) is 0 Å². The monoisotopic (exact) mass is 553 g/mol. The largest absolute Gasteiger partial charge is 0.444 e. The fraction of sp³-hybridized carbons (Fsp3) is 0.375. The van der Waals surface area contributed by atoms with Crippen LogP contribution >= 0.6 is 0 Å². The maximum absolute atomic E-state index is 14.4. The average Bonchev–Trinajstić information content (AvgIpc) is 3.73. The molecule has 1 atom stereocenters. The molecule has 9 heteroatoms. The standard InChI is InChI=1S/C32H35N5O4/c1-32(2,3)41-31(40)35-19-27-25(17-26(35)21-10-11-21)30(39)36(24-14-12-22(13-15-24)28(38)33-4)29-23(18-34-37(27)29)16-20-8-6-5-7-9-20/h5-9,12-15,18,21,26H,10-11,16-17,19H2,1-4H3,(H,33,38). The van der Waals surface area contributed by atoms with E-state index in [9.17, 15) is 14.4 Å². The molecule has 2 aromatic heterocycles. The molecule has 4 aromatic rings. The summed E-state index contributed by atoms with van der Waals surface area (Å²) in [6.07, 6.45) is 4.53. The number of carbonyl (C=O) groups is 2. The fourth-order valence-corrected chi connectivity index (χ4v) is 5.77. The number of hydrogen-bond donors (Lipinski definition) is 1. The second kappa shape index (κ2) is 10.2. The second-order valence-electron chi connectivity index (χ2n) is 12.0. The zero-order valence-electron chi connectivity index (χ0n) is 23.9. The van der Waals surface area contributed by atoms with E-state index in [1.54, 1.807) is 40.8 Å². The van der Waals surface area contributed by atoms with Crippen LogP contribution in [0.3, 0.4) is 0 Å². The number of nitrogens with one attached hydrogen (secondary N) is 1. The molecule has 1 aliphatic heterocycles. The van der Waals surface area contributed by atoms with Gasteiger partial charge in [-0.25, -0.2) is 9.31 Å². The second-order valence-corrected chi connectivity index (χ2v) is 12.0. The van der Waals surface area contributed by atoms with Crippen LogP contribution in [0.25, 0.3) is 11.3 Å². The van der Waals surface area contributed by atoms with E-state index in [-0.39, 0.29) is 30.1 Å². The zero-order chi connectivity index (χ0) is 28.9. The van der Waals surface area contributed by atoms with Crippen LogP contribution in [0.15, 0.2) is 65.6 Å². The molecule has 0 radical (unpaired) electrons. The summed E-state index contributed by atoms with van der Waals surface area (Å²) in [5.41, 5.74) is 4.44. The van der Waals surface area contributed by atoms with Crippen LogP contribution in [-0.2, 0) is 24.1 Å². The Labute approximate surface area is 238 Å². The van der Waals surface area contributed by atoms with Crippen molar-refractivity contribution in [3.63, 3.8) is 0 Å². The summed E-state index contributed by atoms with van der Waals surface area (Å²) < 4.78 is 9.34. The van der Waals surface area contributed by atoms with Gasteiger partial charge in [0.25, 0.3) is 11.5 Å². The van der Waals surface area contributed by atoms with E-state index in [1.807, 2.05) is 61.8 Å². The molecule has 212 valence electrons. The third-order valence-corrected chi connectivity index (χ3v) is 7.87. The van der Waals surface area contributed by atoms with Gasteiger partial charge in [-0.05, 0) is 69.4 Å². The summed E-state index contributed by atoms with van der Waals surface area (Å²) in [6, 6.07) is 17.0. The van der Waals surface area contributed by atoms with Gasteiger partial charge in [-0.1, -0.05) is 30.3 Å². The molecule has 2 aromatic carbocycles. The quantitative estimate of drug-likeness (QED) is 0.392. The Morgan fingerprint density at radius 2 is 1.76 bits per heavy atom. The van der Waals surface area contributed by atoms with E-state index in [2.05, 4.69) is 5.32 Å². The molecule has 9 nitrogen and oxygen atoms in total. The molecule has 2 amide bonds. The topological polar surface area (TPSA) is 97.9 Å². The van der Waals surface area contributed by atoms with Gasteiger partial charge >= 0.3 is 6.09 Å². The Bertz CT molecular complexity index is 1680. The van der Waals surface area contributed by atoms with Crippen LogP contribution in [0.1, 0.15) is 66.4 Å². The number of carbonyl (C=O) groups excluding carboxylic acids is 2. The number of ether oxygens (including phenoxy) is 1. The van der Waals surface area contributed by atoms with E-state index in [1.165, 1.54) is 0 Å². The Kier molecular flexibility index (Phi) is 6.68. The molecule has 1 saturated carbocycles. The molecule has 41 heavy (non-hydrogen) atoms. The summed E-state index contributed by atoms with van der Waals surface area (Å²) in [7, 11) is 1.59. The third kappa shape index (κ3) is 5.12. The van der Waals surface area contributed by atoms with Gasteiger partial charge in [0.1, 0.15) is 11.2 Å². The van der Waals surface area contributed by atoms with Crippen LogP contribution in [-0.4, -0.2) is 49.8 Å². The first-order valence-corrected chi connectivity index (χ1v) is 14.1. The summed E-state index contributed by atoms with van der Waals surface area (Å²) in [5, 5.41) is 7.42. The predicted octanol–water partition coefficient (Wildman–Crippen LogP) is 4.51. The van der Waals surface area contributed by atoms with Gasteiger partial charge in [0, 0.05) is 42.6 Å². The highest BCUT2D eigenvalue weighted by atomic mass is 16.6. The van der Waals surface area contributed by atoms with Crippen molar-refractivity contribution in [1.82, 2.24) is 24.4 Å². The van der Waals surface area contributed by atoms with E-state index in [0.717, 1.165) is 24.0 Å². The molecule has 0 bridgehead atoms. The SMILES string of the molecule is CNC(=O)c1ccc(-n2c(=O)c3c(n4ncc(Cc5ccccc5)c24)CN(C(=O)OC(C)(C)C)C(C2CC2)C3)cc1. The molecule has 2 aliphatic rings. The lowest BCUT2D eigenvalue weighted by Crippen LogP contribution is -2.50. The van der Waals surface area contributed by atoms with Crippen molar-refractivity contribution >= 4 is 17.6 Å². The van der Waals surface area contributed by atoms with Gasteiger partial charge in [0.05, 0.1) is 24.1 Å². The third-order valence-electron chi connectivity index (χ3n) is 7.87. The molecular formula is C32H35N5O4. The first kappa shape index (κ1) is 26.8. The average molecular weight is 554 g/mol. The maximum atomic E-state index is 14.4. The Morgan fingerprint density at radius 1 is 1.05 bits per heavy atom. The molecule has 3 heterocycles. The van der Waals surface area contributed by atoms with Crippen molar-refractivity contribution in [2.24, 2.45) is 5.92 Å². The number of rotatable bonds is 5. The highest BCUT2D eigenvalue weighted by Crippen LogP contribution is 2.40. The van der Waals surface area contributed by atoms with E-state index in [0.29, 0.717) is 46.9 Å². The normalized spacial score (nSPS) is 16.9. The number of nitrogens with zero attached hydrogens (tertiary/aromatic N) is 4. The van der Waals surface area contributed by atoms with Crippen molar-refractivity contribution in [3.05, 3.63) is 99.1 Å². The summed E-state index contributed by atoms with van der Waals surface area (Å²) in [4.78, 5) is 41.8. The van der Waals surface area contributed by atoms with Gasteiger partial charge in [0.15, 0.2) is 0 Å². The minimum atomic E-state index is -0.625. The number of aromatic nitrogens is 3. The highest BCUT2D eigenvalue weighted by molar-refractivity contribution is 5.94. The van der Waals surface area contributed by atoms with E-state index in [4.69, 9.17) is 9.84 Å². The first-order chi connectivity index (χ1) is 19.6. The van der Waals surface area contributed by atoms with Crippen molar-refractivity contribution in [2.75, 3.05) is 7.05 Å². The van der Waals surface area contributed by atoms with Crippen molar-refractivity contribution in [3.8, 4) is 5.69 Å². The van der Waals surface area contributed by atoms with Crippen LogP contribution in [0.5, 0.6) is 0 Å². The Morgan fingerprint density at radius 3 is 2.39 bits per heavy atom. The first-order valence-electron chi connectivity index (χ1n) is 14.1. The van der Waals surface area contributed by atoms with Gasteiger partial charge in [-0.3, -0.25) is 19.1 Å². The van der Waals surface area contributed by atoms with Crippen LogP contribution in [0.4, 0.5) is 4.79 Å². The van der Waals surface area contributed by atoms with Gasteiger partial charge in [0.2, 0.25) is 0 Å². The molecule has 1 N–H and O–H groups in total. The summed E-state index contributed by atoms with van der Waals surface area (Å²) >= 11 is 0. The summed E-state index contributed by atoms with van der Waals surface area (Å²) in [5.74, 6) is 0.153. The molecular weight excluding hydrogens is 518 g/mol. The van der Waals surface area contributed by atoms with Gasteiger partial charge in [-0.15, -0.1) is 0 Å². The maximum Gasteiger partial charge on any atom is 0.410 e. The highest BCUT2D eigenvalue weighted by Gasteiger charge is 2.43. The predicted molar refractivity (Wildman–Crippen MR) is 155 cm³/mol. The summed E-state index contributed by atoms with van der Waals surface area (Å²) in [6.45, 7) is 5.85. The lowest BCUT2D eigenvalue weighted by molar-refractivity contribution is 0.00859. The van der Waals surface area contributed by atoms with Crippen LogP contribution in [0.2, 0.25) is 0 Å². The molecule has 1 fully saturated rings. The molecule has 0 saturated heterocycles. The Hall–Kier alpha value is -4.40. The molecule has 0 spiro atoms. The van der Waals surface area contributed by atoms with E-state index >= 15 is 0 Å². The number of fused-ring (bicyclic) bond motifs is 3. The minimum Gasteiger partial charge on any atom is -0.444 e. The smallest absolute Gasteiger partial charge is 0.410 e. The number of benzene rings is 2. The number of hydrogen-bond acceptors (Lipinski definition) is 5. The van der Waals surface area contributed by atoms with Gasteiger partial charge in [-0.2, -0.15) is 5.10 Å². The van der Waals surface area contributed by atoms with Gasteiger partial charge < -0.3 is 10.1 Å². The Balaban J connectivity index is 1.53. The zero-order valence-corrected chi connectivity index (χ0v) is 23.9. The van der Waals surface area contributed by atoms with E-state index < -0.39 is 5.60 Å². The lowest BCUT2D eigenvalue weighted by atomic mass is 9.95.